The van der Waals surface area contributed by atoms with Gasteiger partial charge in [-0.3, -0.25) is 0 Å². The number of ether oxygens (including phenoxy) is 1. The third-order valence-corrected chi connectivity index (χ3v) is 4.63. The van der Waals surface area contributed by atoms with Gasteiger partial charge in [0.05, 0.1) is 12.4 Å². The predicted octanol–water partition coefficient (Wildman–Crippen LogP) is 2.26. The molecule has 3 nitrogen and oxygen atoms in total. The van der Waals surface area contributed by atoms with Crippen molar-refractivity contribution in [2.24, 2.45) is 0 Å². The van der Waals surface area contributed by atoms with Crippen molar-refractivity contribution in [3.63, 3.8) is 0 Å². The van der Waals surface area contributed by atoms with Crippen LogP contribution in [0.3, 0.4) is 0 Å². The van der Waals surface area contributed by atoms with Gasteiger partial charge in [0.25, 0.3) is 0 Å². The molecule has 16 heavy (non-hydrogen) atoms. The van der Waals surface area contributed by atoms with Crippen molar-refractivity contribution in [3.05, 3.63) is 29.6 Å². The van der Waals surface area contributed by atoms with Gasteiger partial charge in [0.1, 0.15) is 11.6 Å². The Morgan fingerprint density at radius 1 is 1.50 bits per heavy atom. The third kappa shape index (κ3) is 2.15. The lowest BCUT2D eigenvalue weighted by atomic mass is 10.1. The summed E-state index contributed by atoms with van der Waals surface area (Å²) in [4.78, 5) is 0. The van der Waals surface area contributed by atoms with Gasteiger partial charge in [-0.2, -0.15) is 0 Å². The molecule has 1 aliphatic carbocycles. The first-order chi connectivity index (χ1) is 7.43. The number of rotatable bonds is 3. The van der Waals surface area contributed by atoms with Crippen LogP contribution in [0.5, 0.6) is 5.75 Å². The minimum absolute atomic E-state index is 0.326. The standard InChI is InChI=1S/C10H10ClFO3S/c1-15-6-2-3-7(9(12)4-6)8-5-10(8)16(11,13)14/h2-4,8,10H,5H2,1H3. The van der Waals surface area contributed by atoms with Gasteiger partial charge < -0.3 is 4.74 Å². The van der Waals surface area contributed by atoms with Crippen molar-refractivity contribution in [2.75, 3.05) is 7.11 Å². The van der Waals surface area contributed by atoms with Crippen LogP contribution in [0.4, 0.5) is 4.39 Å². The molecule has 0 saturated heterocycles. The molecule has 1 aliphatic rings. The fourth-order valence-electron chi connectivity index (χ4n) is 1.75. The van der Waals surface area contributed by atoms with Crippen LogP contribution in [0, 0.1) is 5.82 Å². The molecule has 1 saturated carbocycles. The molecule has 88 valence electrons. The van der Waals surface area contributed by atoms with E-state index in [4.69, 9.17) is 15.4 Å². The maximum absolute atomic E-state index is 13.6. The molecule has 0 amide bonds. The topological polar surface area (TPSA) is 43.4 Å². The van der Waals surface area contributed by atoms with E-state index in [2.05, 4.69) is 0 Å². The van der Waals surface area contributed by atoms with Crippen molar-refractivity contribution in [1.82, 2.24) is 0 Å². The summed E-state index contributed by atoms with van der Waals surface area (Å²) < 4.78 is 40.5. The normalized spacial score (nSPS) is 24.2. The highest BCUT2D eigenvalue weighted by atomic mass is 35.7. The van der Waals surface area contributed by atoms with E-state index in [1.807, 2.05) is 0 Å². The van der Waals surface area contributed by atoms with Crippen LogP contribution >= 0.6 is 10.7 Å². The highest BCUT2D eigenvalue weighted by Gasteiger charge is 2.48. The SMILES string of the molecule is COc1ccc(C2CC2S(=O)(=O)Cl)c(F)c1. The Labute approximate surface area is 97.6 Å². The first-order valence-corrected chi connectivity index (χ1v) is 7.07. The Kier molecular flexibility index (Phi) is 2.84. The third-order valence-electron chi connectivity index (χ3n) is 2.70. The van der Waals surface area contributed by atoms with Gasteiger partial charge in [0.15, 0.2) is 0 Å². The quantitative estimate of drug-likeness (QED) is 0.787. The summed E-state index contributed by atoms with van der Waals surface area (Å²) in [6.07, 6.45) is 0.384. The summed E-state index contributed by atoms with van der Waals surface area (Å²) in [6.45, 7) is 0. The van der Waals surface area contributed by atoms with E-state index < -0.39 is 20.1 Å². The van der Waals surface area contributed by atoms with Crippen molar-refractivity contribution < 1.29 is 17.5 Å². The molecule has 0 radical (unpaired) electrons. The van der Waals surface area contributed by atoms with Gasteiger partial charge in [-0.1, -0.05) is 6.07 Å². The van der Waals surface area contributed by atoms with Gasteiger partial charge in [-0.25, -0.2) is 12.8 Å². The second-order valence-electron chi connectivity index (χ2n) is 3.74. The van der Waals surface area contributed by atoms with E-state index in [0.29, 0.717) is 17.7 Å². The molecular weight excluding hydrogens is 255 g/mol. The summed E-state index contributed by atoms with van der Waals surface area (Å²) in [5.74, 6) is -0.368. The van der Waals surface area contributed by atoms with Crippen molar-refractivity contribution in [1.29, 1.82) is 0 Å². The van der Waals surface area contributed by atoms with Gasteiger partial charge in [0, 0.05) is 22.7 Å². The van der Waals surface area contributed by atoms with E-state index in [0.717, 1.165) is 0 Å². The van der Waals surface area contributed by atoms with Gasteiger partial charge in [-0.05, 0) is 18.1 Å². The van der Waals surface area contributed by atoms with Gasteiger partial charge in [0.2, 0.25) is 9.05 Å². The molecule has 6 heteroatoms. The van der Waals surface area contributed by atoms with Crippen LogP contribution in [0.25, 0.3) is 0 Å². The molecule has 0 aromatic heterocycles. The molecule has 1 aromatic rings. The summed E-state index contributed by atoms with van der Waals surface area (Å²) >= 11 is 0. The van der Waals surface area contributed by atoms with Crippen LogP contribution in [-0.4, -0.2) is 20.8 Å². The zero-order chi connectivity index (χ0) is 11.9. The Morgan fingerprint density at radius 3 is 2.62 bits per heavy atom. The lowest BCUT2D eigenvalue weighted by molar-refractivity contribution is 0.410. The van der Waals surface area contributed by atoms with E-state index in [1.165, 1.54) is 13.2 Å². The first kappa shape index (κ1) is 11.7. The highest BCUT2D eigenvalue weighted by molar-refractivity contribution is 8.14. The zero-order valence-electron chi connectivity index (χ0n) is 8.48. The molecule has 1 fully saturated rings. The Bertz CT molecular complexity index is 515. The number of hydrogen-bond acceptors (Lipinski definition) is 3. The molecule has 0 spiro atoms. The lowest BCUT2D eigenvalue weighted by Gasteiger charge is -2.04. The summed E-state index contributed by atoms with van der Waals surface area (Å²) in [5, 5.41) is -0.655. The molecule has 2 unspecified atom stereocenters. The maximum atomic E-state index is 13.6. The molecule has 1 aromatic carbocycles. The second-order valence-corrected chi connectivity index (χ2v) is 6.59. The smallest absolute Gasteiger partial charge is 0.236 e. The van der Waals surface area contributed by atoms with E-state index in [9.17, 15) is 12.8 Å². The lowest BCUT2D eigenvalue weighted by Crippen LogP contribution is -2.00. The highest BCUT2D eigenvalue weighted by Crippen LogP contribution is 2.48. The summed E-state index contributed by atoms with van der Waals surface area (Å²) in [6, 6.07) is 4.39. The Hall–Kier alpha value is -0.810. The van der Waals surface area contributed by atoms with Crippen molar-refractivity contribution >= 4 is 19.7 Å². The summed E-state index contributed by atoms with van der Waals surface area (Å²) in [5.41, 5.74) is 0.384. The Balaban J connectivity index is 2.25. The molecule has 2 rings (SSSR count). The molecule has 0 N–H and O–H groups in total. The van der Waals surface area contributed by atoms with Crippen LogP contribution in [0.15, 0.2) is 18.2 Å². The summed E-state index contributed by atoms with van der Waals surface area (Å²) in [7, 11) is 3.07. The van der Waals surface area contributed by atoms with Gasteiger partial charge in [-0.15, -0.1) is 0 Å². The zero-order valence-corrected chi connectivity index (χ0v) is 10.1. The number of methoxy groups -OCH3 is 1. The average Bonchev–Trinajstić information content (AvgIpc) is 2.96. The fraction of sp³-hybridized carbons (Fsp3) is 0.400. The minimum atomic E-state index is -3.59. The molecule has 2 atom stereocenters. The molecule has 0 aliphatic heterocycles. The fourth-order valence-corrected chi connectivity index (χ4v) is 3.31. The Morgan fingerprint density at radius 2 is 2.19 bits per heavy atom. The van der Waals surface area contributed by atoms with Crippen molar-refractivity contribution in [3.8, 4) is 5.75 Å². The van der Waals surface area contributed by atoms with E-state index in [-0.39, 0.29) is 5.92 Å². The van der Waals surface area contributed by atoms with Crippen LogP contribution in [0.2, 0.25) is 0 Å². The molecule has 0 heterocycles. The second kappa shape index (κ2) is 3.89. The van der Waals surface area contributed by atoms with E-state index in [1.54, 1.807) is 12.1 Å². The van der Waals surface area contributed by atoms with Crippen molar-refractivity contribution in [2.45, 2.75) is 17.6 Å². The van der Waals surface area contributed by atoms with Crippen LogP contribution < -0.4 is 4.74 Å². The van der Waals surface area contributed by atoms with Crippen LogP contribution in [-0.2, 0) is 9.05 Å². The van der Waals surface area contributed by atoms with E-state index >= 15 is 0 Å². The number of hydrogen-bond donors (Lipinski definition) is 0. The monoisotopic (exact) mass is 264 g/mol. The van der Waals surface area contributed by atoms with Crippen LogP contribution in [0.1, 0.15) is 17.9 Å². The molecule has 0 bridgehead atoms. The molecular formula is C10H10ClFO3S. The van der Waals surface area contributed by atoms with Gasteiger partial charge >= 0.3 is 0 Å². The minimum Gasteiger partial charge on any atom is -0.497 e. The largest absolute Gasteiger partial charge is 0.497 e. The average molecular weight is 265 g/mol. The first-order valence-electron chi connectivity index (χ1n) is 4.70. The maximum Gasteiger partial charge on any atom is 0.236 e. The number of halogens is 2. The predicted molar refractivity (Wildman–Crippen MR) is 58.9 cm³/mol. The number of benzene rings is 1.